The van der Waals surface area contributed by atoms with Crippen LogP contribution in [0.3, 0.4) is 0 Å². The number of hydrogen-bond donors (Lipinski definition) is 1. The summed E-state index contributed by atoms with van der Waals surface area (Å²) >= 11 is 7.48. The average molecular weight is 487 g/mol. The van der Waals surface area contributed by atoms with Crippen LogP contribution in [0.15, 0.2) is 36.4 Å². The van der Waals surface area contributed by atoms with Crippen molar-refractivity contribution in [1.29, 1.82) is 0 Å². The number of hydrogen-bond acceptors (Lipinski definition) is 4. The van der Waals surface area contributed by atoms with E-state index in [-0.39, 0.29) is 24.7 Å². The van der Waals surface area contributed by atoms with Gasteiger partial charge in [0.1, 0.15) is 5.82 Å². The maximum absolute atomic E-state index is 13.7. The zero-order chi connectivity index (χ0) is 23.0. The zero-order valence-electron chi connectivity index (χ0n) is 18.0. The Balaban J connectivity index is 1.76. The molecule has 0 aromatic heterocycles. The van der Waals surface area contributed by atoms with Gasteiger partial charge in [-0.05, 0) is 49.6 Å². The van der Waals surface area contributed by atoms with Gasteiger partial charge in [-0.3, -0.25) is 9.10 Å². The van der Waals surface area contributed by atoms with Crippen LogP contribution in [-0.2, 0) is 20.6 Å². The summed E-state index contributed by atoms with van der Waals surface area (Å²) in [6, 6.07) is 10.1. The van der Waals surface area contributed by atoms with Crippen LogP contribution in [-0.4, -0.2) is 39.4 Å². The molecule has 31 heavy (non-hydrogen) atoms. The molecule has 0 spiro atoms. The van der Waals surface area contributed by atoms with E-state index in [9.17, 15) is 17.6 Å². The first-order valence-corrected chi connectivity index (χ1v) is 13.3. The lowest BCUT2D eigenvalue weighted by Crippen LogP contribution is -2.33. The molecule has 0 saturated carbocycles. The number of amides is 1. The number of nitrogens with zero attached hydrogens (tertiary/aromatic N) is 1. The summed E-state index contributed by atoms with van der Waals surface area (Å²) in [5, 5.41) is 3.22. The van der Waals surface area contributed by atoms with Crippen LogP contribution in [0, 0.1) is 19.7 Å². The molecule has 5 nitrogen and oxygen atoms in total. The molecule has 0 unspecified atom stereocenters. The third kappa shape index (κ3) is 7.70. The number of thioether (sulfide) groups is 1. The Morgan fingerprint density at radius 2 is 1.90 bits per heavy atom. The van der Waals surface area contributed by atoms with Gasteiger partial charge in [-0.1, -0.05) is 29.8 Å². The van der Waals surface area contributed by atoms with Crippen molar-refractivity contribution in [3.8, 4) is 0 Å². The molecule has 0 aliphatic heterocycles. The average Bonchev–Trinajstić information content (AvgIpc) is 2.68. The van der Waals surface area contributed by atoms with Crippen molar-refractivity contribution in [3.63, 3.8) is 0 Å². The van der Waals surface area contributed by atoms with Crippen molar-refractivity contribution in [3.05, 3.63) is 63.9 Å². The Bertz CT molecular complexity index is 996. The molecule has 0 aliphatic rings. The molecule has 0 bridgehead atoms. The minimum Gasteiger partial charge on any atom is -0.355 e. The fraction of sp³-hybridized carbons (Fsp3) is 0.409. The first kappa shape index (κ1) is 25.5. The number of benzene rings is 2. The Labute approximate surface area is 193 Å². The van der Waals surface area contributed by atoms with Crippen molar-refractivity contribution in [2.45, 2.75) is 32.4 Å². The normalized spacial score (nSPS) is 11.4. The maximum Gasteiger partial charge on any atom is 0.232 e. The highest BCUT2D eigenvalue weighted by Crippen LogP contribution is 2.25. The summed E-state index contributed by atoms with van der Waals surface area (Å²) in [5.41, 5.74) is 3.03. The highest BCUT2D eigenvalue weighted by Gasteiger charge is 2.19. The predicted molar refractivity (Wildman–Crippen MR) is 128 cm³/mol. The Morgan fingerprint density at radius 3 is 2.58 bits per heavy atom. The molecular formula is C22H28ClFN2O3S2. The molecule has 0 atom stereocenters. The smallest absolute Gasteiger partial charge is 0.232 e. The Morgan fingerprint density at radius 1 is 1.19 bits per heavy atom. The van der Waals surface area contributed by atoms with Gasteiger partial charge in [-0.25, -0.2) is 12.8 Å². The van der Waals surface area contributed by atoms with E-state index in [4.69, 9.17) is 11.6 Å². The number of anilines is 1. The fourth-order valence-corrected chi connectivity index (χ4v) is 5.26. The Kier molecular flexibility index (Phi) is 9.65. The van der Waals surface area contributed by atoms with Gasteiger partial charge in [0.2, 0.25) is 15.9 Å². The van der Waals surface area contributed by atoms with Crippen LogP contribution in [0.2, 0.25) is 5.02 Å². The molecule has 1 N–H and O–H groups in total. The van der Waals surface area contributed by atoms with Crippen molar-refractivity contribution >= 4 is 45.0 Å². The van der Waals surface area contributed by atoms with Crippen LogP contribution in [0.25, 0.3) is 0 Å². The van der Waals surface area contributed by atoms with Crippen LogP contribution in [0.4, 0.5) is 10.1 Å². The predicted octanol–water partition coefficient (Wildman–Crippen LogP) is 4.69. The van der Waals surface area contributed by atoms with Gasteiger partial charge in [0.05, 0.1) is 11.9 Å². The molecule has 9 heteroatoms. The van der Waals surface area contributed by atoms with E-state index >= 15 is 0 Å². The first-order valence-electron chi connectivity index (χ1n) is 9.92. The summed E-state index contributed by atoms with van der Waals surface area (Å²) < 4.78 is 39.6. The van der Waals surface area contributed by atoms with Crippen LogP contribution in [0.1, 0.15) is 29.5 Å². The number of aryl methyl sites for hydroxylation is 1. The van der Waals surface area contributed by atoms with Crippen LogP contribution < -0.4 is 9.62 Å². The molecule has 2 rings (SSSR count). The second-order valence-electron chi connectivity index (χ2n) is 7.26. The van der Waals surface area contributed by atoms with Gasteiger partial charge in [-0.2, -0.15) is 11.8 Å². The molecule has 0 aliphatic carbocycles. The van der Waals surface area contributed by atoms with E-state index < -0.39 is 10.0 Å². The molecular weight excluding hydrogens is 459 g/mol. The van der Waals surface area contributed by atoms with E-state index in [0.29, 0.717) is 40.7 Å². The first-order chi connectivity index (χ1) is 14.6. The van der Waals surface area contributed by atoms with Crippen molar-refractivity contribution in [2.75, 3.05) is 29.4 Å². The van der Waals surface area contributed by atoms with E-state index in [1.807, 2.05) is 26.0 Å². The number of rotatable bonds is 11. The van der Waals surface area contributed by atoms with E-state index in [0.717, 1.165) is 11.1 Å². The molecule has 1 amide bonds. The van der Waals surface area contributed by atoms with Crippen molar-refractivity contribution in [2.24, 2.45) is 0 Å². The van der Waals surface area contributed by atoms with E-state index in [2.05, 4.69) is 5.32 Å². The fourth-order valence-electron chi connectivity index (χ4n) is 3.05. The van der Waals surface area contributed by atoms with E-state index in [1.54, 1.807) is 18.2 Å². The maximum atomic E-state index is 13.7. The van der Waals surface area contributed by atoms with Gasteiger partial charge in [-0.15, -0.1) is 0 Å². The number of sulfonamides is 1. The summed E-state index contributed by atoms with van der Waals surface area (Å²) in [6.07, 6.45) is 1.80. The molecule has 0 radical (unpaired) electrons. The van der Waals surface area contributed by atoms with E-state index in [1.165, 1.54) is 28.4 Å². The zero-order valence-corrected chi connectivity index (χ0v) is 20.3. The summed E-state index contributed by atoms with van der Waals surface area (Å²) in [7, 11) is -3.46. The van der Waals surface area contributed by atoms with Crippen LogP contribution in [0.5, 0.6) is 0 Å². The lowest BCUT2D eigenvalue weighted by molar-refractivity contribution is -0.121. The largest absolute Gasteiger partial charge is 0.355 e. The minimum absolute atomic E-state index is 0.140. The monoisotopic (exact) mass is 486 g/mol. The molecule has 2 aromatic rings. The minimum atomic E-state index is -3.46. The molecule has 2 aromatic carbocycles. The Hall–Kier alpha value is -1.77. The van der Waals surface area contributed by atoms with Gasteiger partial charge in [0.25, 0.3) is 0 Å². The number of nitrogens with one attached hydrogen (secondary N) is 1. The number of halogens is 2. The third-order valence-electron chi connectivity index (χ3n) is 4.89. The SMILES string of the molecule is Cc1cccc(N(CCCC(=O)NCCSCc2c(F)cccc2Cl)S(C)(=O)=O)c1C. The van der Waals surface area contributed by atoms with Gasteiger partial charge in [0, 0.05) is 41.6 Å². The topological polar surface area (TPSA) is 66.5 Å². The highest BCUT2D eigenvalue weighted by atomic mass is 35.5. The molecule has 0 heterocycles. The second-order valence-corrected chi connectivity index (χ2v) is 10.7. The number of carbonyl (C=O) groups is 1. The molecule has 0 saturated heterocycles. The third-order valence-corrected chi connectivity index (χ3v) is 7.41. The molecule has 0 fully saturated rings. The van der Waals surface area contributed by atoms with Gasteiger partial charge in [0.15, 0.2) is 0 Å². The van der Waals surface area contributed by atoms with Crippen molar-refractivity contribution in [1.82, 2.24) is 5.32 Å². The molecule has 170 valence electrons. The lowest BCUT2D eigenvalue weighted by atomic mass is 10.1. The summed E-state index contributed by atoms with van der Waals surface area (Å²) in [4.78, 5) is 12.1. The highest BCUT2D eigenvalue weighted by molar-refractivity contribution is 7.98. The van der Waals surface area contributed by atoms with Gasteiger partial charge < -0.3 is 5.32 Å². The van der Waals surface area contributed by atoms with Crippen molar-refractivity contribution < 1.29 is 17.6 Å². The number of carbonyl (C=O) groups excluding carboxylic acids is 1. The standard InChI is InChI=1S/C22H28ClFN2O3S2/c1-16-7-4-10-21(17(16)2)26(31(3,28)29)13-6-11-22(27)25-12-14-30-15-18-19(23)8-5-9-20(18)24/h4-5,7-10H,6,11-15H2,1-3H3,(H,25,27). The quantitative estimate of drug-likeness (QED) is 0.468. The lowest BCUT2D eigenvalue weighted by Gasteiger charge is -2.24. The van der Waals surface area contributed by atoms with Gasteiger partial charge >= 0.3 is 0 Å². The summed E-state index contributed by atoms with van der Waals surface area (Å²) in [5.74, 6) is 0.580. The summed E-state index contributed by atoms with van der Waals surface area (Å²) in [6.45, 7) is 4.51. The second kappa shape index (κ2) is 11.7. The van der Waals surface area contributed by atoms with Crippen LogP contribution >= 0.6 is 23.4 Å².